The molecule has 0 radical (unpaired) electrons. The molecule has 0 heterocycles. The van der Waals surface area contributed by atoms with Gasteiger partial charge in [-0.15, -0.1) is 0 Å². The molecule has 0 saturated carbocycles. The summed E-state index contributed by atoms with van der Waals surface area (Å²) in [5.74, 6) is 8.47. The molecule has 0 saturated heterocycles. The Bertz CT molecular complexity index is 4340. The molecule has 4 unspecified atom stereocenters. The van der Waals surface area contributed by atoms with Crippen molar-refractivity contribution in [3.05, 3.63) is 348 Å². The first-order valence-electron chi connectivity index (χ1n) is 36.8. The molecule has 0 aliphatic heterocycles. The van der Waals surface area contributed by atoms with E-state index in [0.29, 0.717) is 13.2 Å². The SMILES string of the molecule is CCOc1ccc([SiH2]CC(C)(OC(C)(C[SiH2]c2ccc(OCC)cc2)c2cccc(Oc3ccccc3)c2C)c2cccc(Oc3ccccc3)c2C)cc1.Cc1c(Oc2ccccc2)cccc1C(C)(C[SiH2]c1ccccc1)OC(C)(C[SiH2]c1ccccc1)c1cccc(Oc2ccccc2)c1C. The third-order valence-corrected chi connectivity index (χ3v) is 28.9. The molecule has 0 aliphatic carbocycles. The maximum atomic E-state index is 7.85. The Hall–Kier alpha value is -9.77. The third kappa shape index (κ3) is 19.9. The van der Waals surface area contributed by atoms with Crippen molar-refractivity contribution in [3.8, 4) is 57.5 Å². The first-order chi connectivity index (χ1) is 50.5. The second-order valence-corrected chi connectivity index (χ2v) is 34.9. The molecule has 104 heavy (non-hydrogen) atoms. The van der Waals surface area contributed by atoms with Gasteiger partial charge < -0.3 is 37.9 Å². The van der Waals surface area contributed by atoms with E-state index in [1.165, 1.54) is 31.9 Å². The van der Waals surface area contributed by atoms with Gasteiger partial charge in [-0.1, -0.05) is 227 Å². The summed E-state index contributed by atoms with van der Waals surface area (Å²) < 4.78 is 53.1. The van der Waals surface area contributed by atoms with Crippen LogP contribution in [0.1, 0.15) is 86.1 Å². The zero-order valence-corrected chi connectivity index (χ0v) is 67.9. The van der Waals surface area contributed by atoms with Gasteiger partial charge in [0.25, 0.3) is 0 Å². The van der Waals surface area contributed by atoms with E-state index in [4.69, 9.17) is 37.9 Å². The van der Waals surface area contributed by atoms with Crippen LogP contribution in [0.5, 0.6) is 57.5 Å². The fourth-order valence-electron chi connectivity index (χ4n) is 14.3. The first kappa shape index (κ1) is 75.4. The molecule has 8 nitrogen and oxygen atoms in total. The summed E-state index contributed by atoms with van der Waals surface area (Å²) in [6.07, 6.45) is 0. The van der Waals surface area contributed by atoms with Gasteiger partial charge in [0, 0.05) is 0 Å². The van der Waals surface area contributed by atoms with Gasteiger partial charge in [-0.25, -0.2) is 0 Å². The third-order valence-electron chi connectivity index (χ3n) is 19.9. The first-order valence-corrected chi connectivity index (χ1v) is 43.6. The Morgan fingerprint density at radius 3 is 0.663 bits per heavy atom. The topological polar surface area (TPSA) is 73.8 Å². The standard InChI is InChI=1S/C48H54O5Si2.C44H46O3Si2/c1-7-49-37-25-29-41(30-26-37)54-33-47(5,43-21-15-23-45(35(43)3)51-39-17-11-9-12-18-39)53-48(6,34-55-42-31-27-38(28-32-42)50-8-2)44-22-16-24-46(36(44)4)52-40-19-13-10-14-20-40;1-33-39(27-17-29-41(33)45-35-19-9-5-10-20-35)43(3,31-48-37-23-13-7-14-24-37)47-44(4,32-49-38-25-15-8-16-26-38)40-28-18-30-42(34(40)2)46-36-21-11-6-12-22-36/h9-32H,7-8,33-34,54-55H2,1-6H3;5-30H,31-32,48-49H2,1-4H3. The lowest BCUT2D eigenvalue weighted by molar-refractivity contribution is -0.132. The quantitative estimate of drug-likeness (QED) is 0.0386. The molecular weight excluding hydrogens is 1350 g/mol. The van der Waals surface area contributed by atoms with E-state index in [-0.39, 0.29) is 0 Å². The fourth-order valence-corrected chi connectivity index (χ4v) is 21.2. The molecule has 0 aromatic heterocycles. The Morgan fingerprint density at radius 1 is 0.231 bits per heavy atom. The van der Waals surface area contributed by atoms with Gasteiger partial charge in [0.15, 0.2) is 0 Å². The molecule has 12 aromatic carbocycles. The van der Waals surface area contributed by atoms with Crippen LogP contribution in [0, 0.1) is 27.7 Å². The zero-order chi connectivity index (χ0) is 72.8. The Kier molecular flexibility index (Phi) is 26.2. The highest BCUT2D eigenvalue weighted by Crippen LogP contribution is 2.48. The van der Waals surface area contributed by atoms with Crippen molar-refractivity contribution in [2.75, 3.05) is 13.2 Å². The van der Waals surface area contributed by atoms with Crippen LogP contribution < -0.4 is 49.2 Å². The van der Waals surface area contributed by atoms with Crippen LogP contribution >= 0.6 is 0 Å². The molecule has 12 heteroatoms. The van der Waals surface area contributed by atoms with E-state index < -0.39 is 60.5 Å². The Morgan fingerprint density at radius 2 is 0.442 bits per heavy atom. The Balaban J connectivity index is 0.000000210. The number of hydrogen-bond acceptors (Lipinski definition) is 8. The van der Waals surface area contributed by atoms with E-state index in [9.17, 15) is 0 Å². The van der Waals surface area contributed by atoms with Gasteiger partial charge in [0.1, 0.15) is 57.5 Å². The molecule has 4 atom stereocenters. The van der Waals surface area contributed by atoms with Crippen molar-refractivity contribution in [2.24, 2.45) is 0 Å². The molecule has 12 aromatic rings. The smallest absolute Gasteiger partial charge is 0.130 e. The molecule has 12 rings (SSSR count). The molecular formula is C92H100O8Si4. The van der Waals surface area contributed by atoms with Gasteiger partial charge >= 0.3 is 0 Å². The number of para-hydroxylation sites is 4. The highest BCUT2D eigenvalue weighted by atomic mass is 28.2. The summed E-state index contributed by atoms with van der Waals surface area (Å²) in [6, 6.07) is 108. The lowest BCUT2D eigenvalue weighted by Gasteiger charge is -2.43. The van der Waals surface area contributed by atoms with E-state index in [2.05, 4.69) is 237 Å². The molecule has 0 spiro atoms. The van der Waals surface area contributed by atoms with Crippen molar-refractivity contribution >= 4 is 58.8 Å². The van der Waals surface area contributed by atoms with Crippen LogP contribution in [0.15, 0.2) is 303 Å². The fraction of sp³-hybridized carbons (Fsp3) is 0.217. The maximum Gasteiger partial charge on any atom is 0.130 e. The van der Waals surface area contributed by atoms with Crippen LogP contribution in [0.25, 0.3) is 0 Å². The summed E-state index contributed by atoms with van der Waals surface area (Å²) in [7, 11) is -2.99. The average molecular weight is 1450 g/mol. The van der Waals surface area contributed by atoms with E-state index in [1.807, 2.05) is 135 Å². The summed E-state index contributed by atoms with van der Waals surface area (Å²) in [4.78, 5) is 0. The van der Waals surface area contributed by atoms with Gasteiger partial charge in [0.05, 0.1) is 73.7 Å². The second kappa shape index (κ2) is 36.1. The van der Waals surface area contributed by atoms with Gasteiger partial charge in [-0.05, 0) is 235 Å². The van der Waals surface area contributed by atoms with Crippen molar-refractivity contribution in [2.45, 2.75) is 116 Å². The lowest BCUT2D eigenvalue weighted by Crippen LogP contribution is -2.41. The minimum Gasteiger partial charge on any atom is -0.494 e. The van der Waals surface area contributed by atoms with Crippen molar-refractivity contribution in [1.82, 2.24) is 0 Å². The van der Waals surface area contributed by atoms with E-state index in [1.54, 1.807) is 0 Å². The molecule has 0 N–H and O–H groups in total. The predicted molar refractivity (Wildman–Crippen MR) is 442 cm³/mol. The average Bonchev–Trinajstić information content (AvgIpc) is 0.766. The summed E-state index contributed by atoms with van der Waals surface area (Å²) >= 11 is 0. The number of ether oxygens (including phenoxy) is 8. The van der Waals surface area contributed by atoms with Crippen molar-refractivity contribution < 1.29 is 37.9 Å². The zero-order valence-electron chi connectivity index (χ0n) is 62.2. The summed E-state index contributed by atoms with van der Waals surface area (Å²) in [5.41, 5.74) is 6.56. The minimum atomic E-state index is -0.803. The normalized spacial score (nSPS) is 13.9. The summed E-state index contributed by atoms with van der Waals surface area (Å²) in [6.45, 7) is 23.2. The van der Waals surface area contributed by atoms with Crippen molar-refractivity contribution in [1.29, 1.82) is 0 Å². The highest BCUT2D eigenvalue weighted by molar-refractivity contribution is 6.55. The van der Waals surface area contributed by atoms with Crippen molar-refractivity contribution in [3.63, 3.8) is 0 Å². The van der Waals surface area contributed by atoms with Crippen LogP contribution in [0.2, 0.25) is 24.2 Å². The Labute approximate surface area is 627 Å². The minimum absolute atomic E-state index is 0.579. The number of benzene rings is 12. The van der Waals surface area contributed by atoms with E-state index in [0.717, 1.165) is 115 Å². The van der Waals surface area contributed by atoms with Gasteiger partial charge in [-0.2, -0.15) is 0 Å². The predicted octanol–water partition coefficient (Wildman–Crippen LogP) is 18.5. The largest absolute Gasteiger partial charge is 0.494 e. The highest BCUT2D eigenvalue weighted by Gasteiger charge is 2.43. The lowest BCUT2D eigenvalue weighted by atomic mass is 9.88. The second-order valence-electron chi connectivity index (χ2n) is 27.6. The van der Waals surface area contributed by atoms with E-state index >= 15 is 0 Å². The van der Waals surface area contributed by atoms with Crippen LogP contribution in [0.3, 0.4) is 0 Å². The van der Waals surface area contributed by atoms with Gasteiger partial charge in [-0.3, -0.25) is 0 Å². The molecule has 0 bridgehead atoms. The molecule has 0 amide bonds. The molecule has 532 valence electrons. The summed E-state index contributed by atoms with van der Waals surface area (Å²) in [5, 5.41) is 5.60. The van der Waals surface area contributed by atoms with Crippen LogP contribution in [-0.2, 0) is 31.9 Å². The molecule has 0 fully saturated rings. The molecule has 0 aliphatic rings. The van der Waals surface area contributed by atoms with Crippen LogP contribution in [0.4, 0.5) is 0 Å². The monoisotopic (exact) mass is 1440 g/mol. The maximum absolute atomic E-state index is 7.85. The number of hydrogen-bond donors (Lipinski definition) is 0. The van der Waals surface area contributed by atoms with Crippen LogP contribution in [-0.4, -0.2) is 51.3 Å². The number of rotatable bonds is 32. The van der Waals surface area contributed by atoms with Gasteiger partial charge in [0.2, 0.25) is 0 Å².